The molecule has 2 atom stereocenters. The van der Waals surface area contributed by atoms with Crippen LogP contribution in [0, 0.1) is 6.92 Å². The number of carbonyl (C=O) groups is 1. The number of benzene rings is 3. The number of carbonyl (C=O) groups excluding carboxylic acids is 1. The first kappa shape index (κ1) is 25.9. The zero-order chi connectivity index (χ0) is 23.7. The van der Waals surface area contributed by atoms with Crippen molar-refractivity contribution in [2.45, 2.75) is 45.8 Å². The van der Waals surface area contributed by atoms with E-state index in [1.165, 1.54) is 21.9 Å². The van der Waals surface area contributed by atoms with Crippen LogP contribution in [0.5, 0.6) is 11.5 Å². The molecule has 0 saturated carbocycles. The average Bonchev–Trinajstić information content (AvgIpc) is 2.84. The monoisotopic (exact) mass is 482 g/mol. The predicted molar refractivity (Wildman–Crippen MR) is 140 cm³/mol. The molecule has 0 spiro atoms. The zero-order valence-corrected chi connectivity index (χ0v) is 21.7. The van der Waals surface area contributed by atoms with E-state index in [1.54, 1.807) is 14.2 Å². The van der Waals surface area contributed by atoms with E-state index in [9.17, 15) is 4.79 Å². The Morgan fingerprint density at radius 2 is 1.74 bits per heavy atom. The molecule has 3 aromatic carbocycles. The molecule has 34 heavy (non-hydrogen) atoms. The van der Waals surface area contributed by atoms with Crippen molar-refractivity contribution in [1.29, 1.82) is 0 Å². The molecule has 0 radical (unpaired) electrons. The predicted octanol–water partition coefficient (Wildman–Crippen LogP) is 6.01. The molecular formula is C28H35ClN2O3. The van der Waals surface area contributed by atoms with E-state index in [-0.39, 0.29) is 30.5 Å². The Morgan fingerprint density at radius 3 is 2.41 bits per heavy atom. The van der Waals surface area contributed by atoms with Gasteiger partial charge in [-0.2, -0.15) is 0 Å². The molecule has 4 rings (SSSR count). The van der Waals surface area contributed by atoms with Crippen LogP contribution in [0.2, 0.25) is 0 Å². The van der Waals surface area contributed by atoms with Crippen molar-refractivity contribution in [3.05, 3.63) is 70.8 Å². The SMILES string of the molecule is CCC(N1CCc2cc(OC)c(OC)cc2C1=O)N(C)C(C)c1c(C)ccc2ccccc12.Cl. The smallest absolute Gasteiger partial charge is 0.255 e. The highest BCUT2D eigenvalue weighted by molar-refractivity contribution is 5.97. The summed E-state index contributed by atoms with van der Waals surface area (Å²) in [5.41, 5.74) is 4.32. The lowest BCUT2D eigenvalue weighted by molar-refractivity contribution is 0.0235. The quantitative estimate of drug-likeness (QED) is 0.413. The molecule has 1 aliphatic rings. The van der Waals surface area contributed by atoms with Gasteiger partial charge in [0.2, 0.25) is 0 Å². The summed E-state index contributed by atoms with van der Waals surface area (Å²) in [7, 11) is 5.36. The van der Waals surface area contributed by atoms with Gasteiger partial charge in [0.1, 0.15) is 0 Å². The molecule has 3 aromatic rings. The average molecular weight is 483 g/mol. The fourth-order valence-electron chi connectivity index (χ4n) is 5.26. The van der Waals surface area contributed by atoms with E-state index < -0.39 is 0 Å². The van der Waals surface area contributed by atoms with Gasteiger partial charge in [-0.1, -0.05) is 43.3 Å². The van der Waals surface area contributed by atoms with Gasteiger partial charge in [-0.3, -0.25) is 9.69 Å². The number of methoxy groups -OCH3 is 2. The molecule has 5 nitrogen and oxygen atoms in total. The second-order valence-electron chi connectivity index (χ2n) is 8.86. The molecular weight excluding hydrogens is 448 g/mol. The first-order chi connectivity index (χ1) is 15.9. The van der Waals surface area contributed by atoms with Crippen LogP contribution < -0.4 is 9.47 Å². The van der Waals surface area contributed by atoms with Crippen LogP contribution in [0.1, 0.15) is 53.4 Å². The lowest BCUT2D eigenvalue weighted by Crippen LogP contribution is -2.52. The van der Waals surface area contributed by atoms with Gasteiger partial charge in [0.15, 0.2) is 11.5 Å². The molecule has 0 aliphatic carbocycles. The van der Waals surface area contributed by atoms with Crippen LogP contribution in [0.4, 0.5) is 0 Å². The maximum atomic E-state index is 13.6. The summed E-state index contributed by atoms with van der Waals surface area (Å²) in [6.07, 6.45) is 1.64. The molecule has 0 bridgehead atoms. The van der Waals surface area contributed by atoms with Gasteiger partial charge >= 0.3 is 0 Å². The number of nitrogens with zero attached hydrogens (tertiary/aromatic N) is 2. The van der Waals surface area contributed by atoms with Crippen molar-refractivity contribution in [2.75, 3.05) is 27.8 Å². The van der Waals surface area contributed by atoms with E-state index in [1.807, 2.05) is 17.0 Å². The van der Waals surface area contributed by atoms with Crippen molar-refractivity contribution >= 4 is 29.1 Å². The van der Waals surface area contributed by atoms with Crippen LogP contribution in [0.15, 0.2) is 48.5 Å². The molecule has 1 aliphatic heterocycles. The minimum absolute atomic E-state index is 0. The summed E-state index contributed by atoms with van der Waals surface area (Å²) in [6.45, 7) is 7.26. The van der Waals surface area contributed by atoms with Gasteiger partial charge in [0, 0.05) is 18.2 Å². The summed E-state index contributed by atoms with van der Waals surface area (Å²) >= 11 is 0. The Bertz CT molecular complexity index is 1180. The number of ether oxygens (including phenoxy) is 2. The van der Waals surface area contributed by atoms with Gasteiger partial charge in [0.25, 0.3) is 5.91 Å². The number of halogens is 1. The summed E-state index contributed by atoms with van der Waals surface area (Å²) in [5, 5.41) is 2.52. The van der Waals surface area contributed by atoms with Gasteiger partial charge in [-0.05, 0) is 73.3 Å². The largest absolute Gasteiger partial charge is 0.493 e. The van der Waals surface area contributed by atoms with Crippen molar-refractivity contribution in [1.82, 2.24) is 9.80 Å². The second kappa shape index (κ2) is 10.7. The summed E-state index contributed by atoms with van der Waals surface area (Å²) in [6, 6.07) is 16.8. The highest BCUT2D eigenvalue weighted by Crippen LogP contribution is 2.36. The van der Waals surface area contributed by atoms with E-state index in [4.69, 9.17) is 9.47 Å². The van der Waals surface area contributed by atoms with Crippen molar-refractivity contribution in [2.24, 2.45) is 0 Å². The minimum Gasteiger partial charge on any atom is -0.493 e. The first-order valence-corrected chi connectivity index (χ1v) is 11.7. The summed E-state index contributed by atoms with van der Waals surface area (Å²) < 4.78 is 10.9. The van der Waals surface area contributed by atoms with Crippen LogP contribution >= 0.6 is 12.4 Å². The number of amides is 1. The molecule has 182 valence electrons. The van der Waals surface area contributed by atoms with Crippen molar-refractivity contribution in [3.8, 4) is 11.5 Å². The van der Waals surface area contributed by atoms with Crippen molar-refractivity contribution in [3.63, 3.8) is 0 Å². The third kappa shape index (κ3) is 4.47. The summed E-state index contributed by atoms with van der Waals surface area (Å²) in [4.78, 5) is 18.0. The lowest BCUT2D eigenvalue weighted by Gasteiger charge is -2.43. The van der Waals surface area contributed by atoms with Crippen LogP contribution in [-0.2, 0) is 6.42 Å². The maximum Gasteiger partial charge on any atom is 0.255 e. The topological polar surface area (TPSA) is 42.0 Å². The molecule has 0 aromatic heterocycles. The second-order valence-corrected chi connectivity index (χ2v) is 8.86. The Labute approximate surface area is 209 Å². The Kier molecular flexibility index (Phi) is 8.11. The number of fused-ring (bicyclic) bond motifs is 2. The van der Waals surface area contributed by atoms with Crippen LogP contribution in [0.25, 0.3) is 10.8 Å². The van der Waals surface area contributed by atoms with Crippen LogP contribution in [0.3, 0.4) is 0 Å². The highest BCUT2D eigenvalue weighted by atomic mass is 35.5. The first-order valence-electron chi connectivity index (χ1n) is 11.7. The molecule has 1 amide bonds. The molecule has 0 fully saturated rings. The van der Waals surface area contributed by atoms with E-state index in [0.29, 0.717) is 23.6 Å². The Hall–Kier alpha value is -2.76. The molecule has 0 N–H and O–H groups in total. The normalized spacial score (nSPS) is 15.0. The van der Waals surface area contributed by atoms with Gasteiger partial charge in [0.05, 0.1) is 20.4 Å². The standard InChI is InChI=1S/C28H34N2O3.ClH/c1-7-26(29(4)19(3)27-18(2)12-13-20-10-8-9-11-22(20)27)30-15-14-21-16-24(32-5)25(33-6)17-23(21)28(30)31;/h8-13,16-17,19,26H,7,14-15H2,1-6H3;1H. The Morgan fingerprint density at radius 1 is 1.06 bits per heavy atom. The van der Waals surface area contributed by atoms with Gasteiger partial charge in [-0.25, -0.2) is 0 Å². The molecule has 2 unspecified atom stereocenters. The Balaban J connectivity index is 0.00000324. The van der Waals surface area contributed by atoms with Gasteiger partial charge in [-0.15, -0.1) is 12.4 Å². The van der Waals surface area contributed by atoms with E-state index in [2.05, 4.69) is 69.1 Å². The third-order valence-electron chi connectivity index (χ3n) is 7.14. The fourth-order valence-corrected chi connectivity index (χ4v) is 5.26. The number of aryl methyl sites for hydroxylation is 1. The zero-order valence-electron chi connectivity index (χ0n) is 20.9. The number of hydrogen-bond donors (Lipinski definition) is 0. The van der Waals surface area contributed by atoms with E-state index >= 15 is 0 Å². The lowest BCUT2D eigenvalue weighted by atomic mass is 9.93. The fraction of sp³-hybridized carbons (Fsp3) is 0.393. The highest BCUT2D eigenvalue weighted by Gasteiger charge is 2.34. The molecule has 6 heteroatoms. The number of rotatable bonds is 7. The van der Waals surface area contributed by atoms with Gasteiger partial charge < -0.3 is 14.4 Å². The minimum atomic E-state index is -0.00730. The van der Waals surface area contributed by atoms with Crippen molar-refractivity contribution < 1.29 is 14.3 Å². The molecule has 1 heterocycles. The molecule has 0 saturated heterocycles. The summed E-state index contributed by atoms with van der Waals surface area (Å²) in [5.74, 6) is 1.31. The van der Waals surface area contributed by atoms with Crippen LogP contribution in [-0.4, -0.2) is 49.7 Å². The number of hydrogen-bond acceptors (Lipinski definition) is 4. The third-order valence-corrected chi connectivity index (χ3v) is 7.14. The van der Waals surface area contributed by atoms with E-state index in [0.717, 1.165) is 18.4 Å². The maximum absolute atomic E-state index is 13.6.